The molecule has 0 aliphatic carbocycles. The number of carbonyl (C=O) groups excluding carboxylic acids is 2. The molecule has 2 heterocycles. The summed E-state index contributed by atoms with van der Waals surface area (Å²) in [6.45, 7) is 5.99. The van der Waals surface area contributed by atoms with Gasteiger partial charge < -0.3 is 30.3 Å². The van der Waals surface area contributed by atoms with Gasteiger partial charge in [0.25, 0.3) is 5.91 Å². The van der Waals surface area contributed by atoms with Gasteiger partial charge in [-0.15, -0.1) is 0 Å². The topological polar surface area (TPSA) is 94.1 Å². The van der Waals surface area contributed by atoms with Crippen molar-refractivity contribution in [3.8, 4) is 5.75 Å². The number of phenolic OH excluding ortho intramolecular Hbond substituents is 1. The molecule has 36 heavy (non-hydrogen) atoms. The van der Waals surface area contributed by atoms with Crippen LogP contribution in [-0.4, -0.2) is 66.0 Å². The number of piperidine rings is 1. The smallest absolute Gasteiger partial charge is 0.251 e. The molecule has 0 unspecified atom stereocenters. The second-order valence-corrected chi connectivity index (χ2v) is 9.13. The molecule has 3 N–H and O–H groups in total. The first-order valence-corrected chi connectivity index (χ1v) is 12.4. The Morgan fingerprint density at radius 2 is 1.81 bits per heavy atom. The number of carbonyl (C=O) groups is 2. The van der Waals surface area contributed by atoms with E-state index >= 15 is 0 Å². The monoisotopic (exact) mass is 490 g/mol. The van der Waals surface area contributed by atoms with Crippen molar-refractivity contribution in [2.75, 3.05) is 39.3 Å². The minimum Gasteiger partial charge on any atom is -0.508 e. The summed E-state index contributed by atoms with van der Waals surface area (Å²) >= 11 is 0. The van der Waals surface area contributed by atoms with E-state index < -0.39 is 0 Å². The van der Waals surface area contributed by atoms with Gasteiger partial charge in [-0.2, -0.15) is 0 Å². The summed E-state index contributed by atoms with van der Waals surface area (Å²) in [7, 11) is 0. The van der Waals surface area contributed by atoms with Crippen LogP contribution in [0.5, 0.6) is 5.75 Å². The molecule has 190 valence electrons. The predicted molar refractivity (Wildman–Crippen MR) is 139 cm³/mol. The summed E-state index contributed by atoms with van der Waals surface area (Å²) in [5.41, 5.74) is 2.66. The molecule has 1 saturated heterocycles. The van der Waals surface area contributed by atoms with Crippen LogP contribution in [0.25, 0.3) is 5.76 Å². The highest BCUT2D eigenvalue weighted by Crippen LogP contribution is 2.30. The van der Waals surface area contributed by atoms with Gasteiger partial charge in [0.05, 0.1) is 0 Å². The number of rotatable bonds is 9. The zero-order valence-corrected chi connectivity index (χ0v) is 20.7. The molecule has 8 heteroatoms. The molecule has 2 aromatic rings. The molecule has 2 aliphatic rings. The summed E-state index contributed by atoms with van der Waals surface area (Å²) in [5, 5.41) is 15.4. The fraction of sp³-hybridized carbons (Fsp3) is 0.357. The highest BCUT2D eigenvalue weighted by Gasteiger charge is 2.24. The molecular weight excluding hydrogens is 456 g/mol. The van der Waals surface area contributed by atoms with Crippen LogP contribution in [0.1, 0.15) is 47.2 Å². The lowest BCUT2D eigenvalue weighted by Gasteiger charge is -2.34. The highest BCUT2D eigenvalue weighted by atomic mass is 16.5. The number of hydrogen-bond donors (Lipinski definition) is 3. The Morgan fingerprint density at radius 3 is 2.58 bits per heavy atom. The van der Waals surface area contributed by atoms with Crippen molar-refractivity contribution >= 4 is 17.6 Å². The minimum atomic E-state index is -0.103. The van der Waals surface area contributed by atoms with Crippen LogP contribution in [0.2, 0.25) is 0 Å². The van der Waals surface area contributed by atoms with Gasteiger partial charge in [-0.1, -0.05) is 30.3 Å². The normalized spacial score (nSPS) is 16.2. The molecule has 0 atom stereocenters. The lowest BCUT2D eigenvalue weighted by molar-refractivity contribution is -0.118. The number of amides is 2. The lowest BCUT2D eigenvalue weighted by atomic mass is 9.86. The quantitative estimate of drug-likeness (QED) is 0.468. The maximum Gasteiger partial charge on any atom is 0.251 e. The van der Waals surface area contributed by atoms with Gasteiger partial charge >= 0.3 is 0 Å². The summed E-state index contributed by atoms with van der Waals surface area (Å²) < 4.78 is 5.64. The van der Waals surface area contributed by atoms with Gasteiger partial charge in [-0.3, -0.25) is 9.59 Å². The molecule has 0 saturated carbocycles. The average molecular weight is 491 g/mol. The number of nitrogens with one attached hydrogen (secondary N) is 2. The largest absolute Gasteiger partial charge is 0.508 e. The van der Waals surface area contributed by atoms with Crippen LogP contribution in [-0.2, 0) is 9.53 Å². The average Bonchev–Trinajstić information content (AvgIpc) is 2.90. The van der Waals surface area contributed by atoms with Crippen LogP contribution in [0, 0.1) is 0 Å². The molecule has 4 rings (SSSR count). The minimum absolute atomic E-state index is 0.0909. The van der Waals surface area contributed by atoms with Crippen molar-refractivity contribution in [3.63, 3.8) is 0 Å². The Labute approximate surface area is 212 Å². The molecule has 0 aromatic heterocycles. The van der Waals surface area contributed by atoms with Crippen molar-refractivity contribution in [1.82, 2.24) is 20.4 Å². The molecule has 2 aromatic carbocycles. The fourth-order valence-corrected chi connectivity index (χ4v) is 4.64. The number of benzene rings is 2. The van der Waals surface area contributed by atoms with E-state index in [1.807, 2.05) is 36.7 Å². The number of ether oxygens (including phenoxy) is 1. The second-order valence-electron chi connectivity index (χ2n) is 9.13. The lowest BCUT2D eigenvalue weighted by Crippen LogP contribution is -2.38. The summed E-state index contributed by atoms with van der Waals surface area (Å²) in [6.07, 6.45) is 7.55. The first-order valence-electron chi connectivity index (χ1n) is 12.4. The highest BCUT2D eigenvalue weighted by molar-refractivity contribution is 5.95. The van der Waals surface area contributed by atoms with E-state index in [-0.39, 0.29) is 17.6 Å². The van der Waals surface area contributed by atoms with Gasteiger partial charge in [0, 0.05) is 56.6 Å². The zero-order chi connectivity index (χ0) is 25.3. The van der Waals surface area contributed by atoms with E-state index in [0.717, 1.165) is 55.7 Å². The van der Waals surface area contributed by atoms with Crippen molar-refractivity contribution in [2.45, 2.75) is 25.7 Å². The third-order valence-corrected chi connectivity index (χ3v) is 6.55. The Bertz CT molecular complexity index is 1120. The fourth-order valence-electron chi connectivity index (χ4n) is 4.64. The summed E-state index contributed by atoms with van der Waals surface area (Å²) in [5.74, 6) is 1.07. The SMILES string of the molecule is CC(=O)NCCNC(=O)c1ccccc1C1CCN(CCN2C=COC(c3cccc(O)c3)=C2)CC1. The van der Waals surface area contributed by atoms with E-state index in [1.54, 1.807) is 24.5 Å². The number of phenols is 1. The maximum absolute atomic E-state index is 12.8. The van der Waals surface area contributed by atoms with Crippen LogP contribution < -0.4 is 10.6 Å². The van der Waals surface area contributed by atoms with Crippen LogP contribution in [0.3, 0.4) is 0 Å². The number of aromatic hydroxyl groups is 1. The van der Waals surface area contributed by atoms with Gasteiger partial charge in [-0.25, -0.2) is 0 Å². The third kappa shape index (κ3) is 6.88. The van der Waals surface area contributed by atoms with Crippen molar-refractivity contribution in [3.05, 3.63) is 83.9 Å². The molecule has 2 aliphatic heterocycles. The van der Waals surface area contributed by atoms with Crippen LogP contribution >= 0.6 is 0 Å². The molecule has 0 spiro atoms. The van der Waals surface area contributed by atoms with Crippen molar-refractivity contribution in [2.24, 2.45) is 0 Å². The van der Waals surface area contributed by atoms with E-state index in [2.05, 4.69) is 26.5 Å². The number of hydrogen-bond acceptors (Lipinski definition) is 6. The molecule has 2 amide bonds. The van der Waals surface area contributed by atoms with E-state index in [4.69, 9.17) is 4.74 Å². The molecule has 0 radical (unpaired) electrons. The van der Waals surface area contributed by atoms with E-state index in [9.17, 15) is 14.7 Å². The van der Waals surface area contributed by atoms with Gasteiger partial charge in [0.2, 0.25) is 5.91 Å². The number of nitrogens with zero attached hydrogens (tertiary/aromatic N) is 2. The van der Waals surface area contributed by atoms with E-state index in [1.165, 1.54) is 6.92 Å². The Hall–Kier alpha value is -3.78. The molecule has 1 fully saturated rings. The van der Waals surface area contributed by atoms with Crippen LogP contribution in [0.4, 0.5) is 0 Å². The van der Waals surface area contributed by atoms with Gasteiger partial charge in [-0.05, 0) is 55.6 Å². The molecular formula is C28H34N4O4. The molecule has 8 nitrogen and oxygen atoms in total. The van der Waals surface area contributed by atoms with Crippen molar-refractivity contribution in [1.29, 1.82) is 0 Å². The summed E-state index contributed by atoms with van der Waals surface area (Å²) in [6, 6.07) is 14.9. The molecule has 0 bridgehead atoms. The van der Waals surface area contributed by atoms with E-state index in [0.29, 0.717) is 24.8 Å². The standard InChI is InChI=1S/C28H34N4O4/c1-21(33)29-11-12-30-28(35)26-8-3-2-7-25(26)22-9-13-31(14-10-22)15-16-32-17-18-36-27(20-32)23-5-4-6-24(34)19-23/h2-8,17-20,22,34H,9-16H2,1H3,(H,29,33)(H,30,35). The Morgan fingerprint density at radius 1 is 1.03 bits per heavy atom. The maximum atomic E-state index is 12.8. The predicted octanol–water partition coefficient (Wildman–Crippen LogP) is 3.24. The van der Waals surface area contributed by atoms with Crippen LogP contribution in [0.15, 0.2) is 67.2 Å². The van der Waals surface area contributed by atoms with Gasteiger partial charge in [0.15, 0.2) is 0 Å². The Kier molecular flexibility index (Phi) is 8.62. The third-order valence-electron chi connectivity index (χ3n) is 6.55. The first kappa shape index (κ1) is 25.3. The first-order chi connectivity index (χ1) is 17.5. The van der Waals surface area contributed by atoms with Gasteiger partial charge in [0.1, 0.15) is 17.8 Å². The van der Waals surface area contributed by atoms with Crippen molar-refractivity contribution < 1.29 is 19.4 Å². The number of likely N-dealkylation sites (tertiary alicyclic amines) is 1. The zero-order valence-electron chi connectivity index (χ0n) is 20.7. The second kappa shape index (κ2) is 12.3. The Balaban J connectivity index is 1.27. The summed E-state index contributed by atoms with van der Waals surface area (Å²) in [4.78, 5) is 28.3.